The lowest BCUT2D eigenvalue weighted by Crippen LogP contribution is -2.21. The summed E-state index contributed by atoms with van der Waals surface area (Å²) in [4.78, 5) is 0. The fourth-order valence-electron chi connectivity index (χ4n) is 2.10. The molecule has 1 N–H and O–H groups in total. The Morgan fingerprint density at radius 1 is 1.17 bits per heavy atom. The molecule has 1 nitrogen and oxygen atoms in total. The van der Waals surface area contributed by atoms with Crippen molar-refractivity contribution in [3.05, 3.63) is 0 Å². The SMILES string of the molecule is CC(C)(C)C1(CCCCO)CC1. The van der Waals surface area contributed by atoms with Crippen LogP contribution in [-0.4, -0.2) is 11.7 Å². The Morgan fingerprint density at radius 2 is 1.75 bits per heavy atom. The van der Waals surface area contributed by atoms with Crippen LogP contribution in [0.1, 0.15) is 52.9 Å². The second-order valence-electron chi connectivity index (χ2n) is 5.21. The van der Waals surface area contributed by atoms with Gasteiger partial charge in [-0.25, -0.2) is 0 Å². The molecule has 1 aliphatic rings. The second kappa shape index (κ2) is 3.37. The van der Waals surface area contributed by atoms with Crippen molar-refractivity contribution in [2.75, 3.05) is 6.61 Å². The maximum atomic E-state index is 8.69. The zero-order chi connectivity index (χ0) is 9.24. The molecule has 0 bridgehead atoms. The summed E-state index contributed by atoms with van der Waals surface area (Å²) in [5, 5.41) is 8.69. The van der Waals surface area contributed by atoms with E-state index in [0.29, 0.717) is 17.4 Å². The molecule has 0 aromatic rings. The van der Waals surface area contributed by atoms with E-state index >= 15 is 0 Å². The molecule has 0 heterocycles. The van der Waals surface area contributed by atoms with Crippen LogP contribution in [0.4, 0.5) is 0 Å². The van der Waals surface area contributed by atoms with E-state index in [-0.39, 0.29) is 0 Å². The molecule has 0 amide bonds. The van der Waals surface area contributed by atoms with E-state index in [2.05, 4.69) is 20.8 Å². The summed E-state index contributed by atoms with van der Waals surface area (Å²) in [6.45, 7) is 7.40. The highest BCUT2D eigenvalue weighted by molar-refractivity contribution is 5.01. The van der Waals surface area contributed by atoms with Crippen LogP contribution >= 0.6 is 0 Å². The topological polar surface area (TPSA) is 20.2 Å². The second-order valence-corrected chi connectivity index (χ2v) is 5.21. The molecule has 72 valence electrons. The molecule has 0 unspecified atom stereocenters. The minimum absolute atomic E-state index is 0.361. The quantitative estimate of drug-likeness (QED) is 0.643. The molecule has 1 rings (SSSR count). The highest BCUT2D eigenvalue weighted by Gasteiger charge is 2.50. The lowest BCUT2D eigenvalue weighted by atomic mass is 9.75. The summed E-state index contributed by atoms with van der Waals surface area (Å²) >= 11 is 0. The Bertz CT molecular complexity index is 140. The molecule has 0 aromatic carbocycles. The van der Waals surface area contributed by atoms with E-state index in [1.165, 1.54) is 25.7 Å². The number of unbranched alkanes of at least 4 members (excludes halogenated alkanes) is 1. The molecule has 1 heteroatoms. The van der Waals surface area contributed by atoms with Gasteiger partial charge in [0.2, 0.25) is 0 Å². The van der Waals surface area contributed by atoms with Gasteiger partial charge < -0.3 is 5.11 Å². The van der Waals surface area contributed by atoms with Gasteiger partial charge in [-0.1, -0.05) is 27.2 Å². The third-order valence-corrected chi connectivity index (χ3v) is 3.51. The van der Waals surface area contributed by atoms with Gasteiger partial charge in [0, 0.05) is 6.61 Å². The normalized spacial score (nSPS) is 21.0. The maximum Gasteiger partial charge on any atom is 0.0431 e. The van der Waals surface area contributed by atoms with Gasteiger partial charge in [-0.3, -0.25) is 0 Å². The van der Waals surface area contributed by atoms with Crippen molar-refractivity contribution in [3.8, 4) is 0 Å². The predicted molar refractivity (Wildman–Crippen MR) is 52.1 cm³/mol. The van der Waals surface area contributed by atoms with Crippen molar-refractivity contribution in [2.45, 2.75) is 52.9 Å². The molecule has 0 atom stereocenters. The summed E-state index contributed by atoms with van der Waals surface area (Å²) in [7, 11) is 0. The van der Waals surface area contributed by atoms with Gasteiger partial charge in [0.05, 0.1) is 0 Å². The van der Waals surface area contributed by atoms with Crippen LogP contribution in [-0.2, 0) is 0 Å². The van der Waals surface area contributed by atoms with Crippen LogP contribution in [0.25, 0.3) is 0 Å². The number of rotatable bonds is 4. The summed E-state index contributed by atoms with van der Waals surface area (Å²) in [5.74, 6) is 0. The fourth-order valence-corrected chi connectivity index (χ4v) is 2.10. The van der Waals surface area contributed by atoms with Crippen molar-refractivity contribution in [2.24, 2.45) is 10.8 Å². The predicted octanol–water partition coefficient (Wildman–Crippen LogP) is 2.98. The van der Waals surface area contributed by atoms with E-state index in [1.807, 2.05) is 0 Å². The van der Waals surface area contributed by atoms with Crippen LogP contribution < -0.4 is 0 Å². The smallest absolute Gasteiger partial charge is 0.0431 e. The minimum Gasteiger partial charge on any atom is -0.396 e. The molecule has 1 aliphatic carbocycles. The van der Waals surface area contributed by atoms with Crippen molar-refractivity contribution in [3.63, 3.8) is 0 Å². The van der Waals surface area contributed by atoms with E-state index in [4.69, 9.17) is 5.11 Å². The Balaban J connectivity index is 2.30. The average molecular weight is 170 g/mol. The molecule has 0 aliphatic heterocycles. The van der Waals surface area contributed by atoms with Crippen LogP contribution in [0, 0.1) is 10.8 Å². The van der Waals surface area contributed by atoms with Crippen LogP contribution in [0.2, 0.25) is 0 Å². The summed E-state index contributed by atoms with van der Waals surface area (Å²) in [5.41, 5.74) is 1.10. The van der Waals surface area contributed by atoms with Gasteiger partial charge in [0.25, 0.3) is 0 Å². The van der Waals surface area contributed by atoms with Gasteiger partial charge in [-0.2, -0.15) is 0 Å². The van der Waals surface area contributed by atoms with E-state index in [1.54, 1.807) is 0 Å². The highest BCUT2D eigenvalue weighted by atomic mass is 16.2. The molecular formula is C11H22O. The maximum absolute atomic E-state index is 8.69. The zero-order valence-electron chi connectivity index (χ0n) is 8.69. The first-order chi connectivity index (χ1) is 5.52. The molecule has 0 saturated heterocycles. The molecular weight excluding hydrogens is 148 g/mol. The Labute approximate surface area is 76.2 Å². The fraction of sp³-hybridized carbons (Fsp3) is 1.00. The molecule has 1 fully saturated rings. The monoisotopic (exact) mass is 170 g/mol. The van der Waals surface area contributed by atoms with Gasteiger partial charge in [0.1, 0.15) is 0 Å². The van der Waals surface area contributed by atoms with Gasteiger partial charge in [0.15, 0.2) is 0 Å². The highest BCUT2D eigenvalue weighted by Crippen LogP contribution is 2.61. The third kappa shape index (κ3) is 2.01. The van der Waals surface area contributed by atoms with E-state index in [0.717, 1.165) is 6.42 Å². The number of aliphatic hydroxyl groups is 1. The van der Waals surface area contributed by atoms with Crippen molar-refractivity contribution in [1.82, 2.24) is 0 Å². The molecule has 12 heavy (non-hydrogen) atoms. The van der Waals surface area contributed by atoms with Crippen molar-refractivity contribution in [1.29, 1.82) is 0 Å². The van der Waals surface area contributed by atoms with E-state index in [9.17, 15) is 0 Å². The van der Waals surface area contributed by atoms with Crippen molar-refractivity contribution < 1.29 is 5.11 Å². The Morgan fingerprint density at radius 3 is 2.08 bits per heavy atom. The lowest BCUT2D eigenvalue weighted by Gasteiger charge is -2.30. The first-order valence-corrected chi connectivity index (χ1v) is 5.13. The van der Waals surface area contributed by atoms with Crippen molar-refractivity contribution >= 4 is 0 Å². The third-order valence-electron chi connectivity index (χ3n) is 3.51. The number of hydrogen-bond donors (Lipinski definition) is 1. The standard InChI is InChI=1S/C11H22O/c1-10(2,3)11(7-8-11)6-4-5-9-12/h12H,4-9H2,1-3H3. The number of hydrogen-bond acceptors (Lipinski definition) is 1. The Kier molecular flexibility index (Phi) is 2.82. The Hall–Kier alpha value is -0.0400. The van der Waals surface area contributed by atoms with Gasteiger partial charge >= 0.3 is 0 Å². The average Bonchev–Trinajstić information content (AvgIpc) is 2.67. The molecule has 0 spiro atoms. The zero-order valence-corrected chi connectivity index (χ0v) is 8.69. The van der Waals surface area contributed by atoms with Gasteiger partial charge in [-0.15, -0.1) is 0 Å². The van der Waals surface area contributed by atoms with Crippen LogP contribution in [0.3, 0.4) is 0 Å². The van der Waals surface area contributed by atoms with Crippen LogP contribution in [0.15, 0.2) is 0 Å². The summed E-state index contributed by atoms with van der Waals surface area (Å²) in [6, 6.07) is 0. The molecule has 1 saturated carbocycles. The first kappa shape index (κ1) is 10.0. The molecule has 0 aromatic heterocycles. The summed E-state index contributed by atoms with van der Waals surface area (Å²) < 4.78 is 0. The number of aliphatic hydroxyl groups excluding tert-OH is 1. The summed E-state index contributed by atoms with van der Waals surface area (Å²) in [6.07, 6.45) is 6.31. The van der Waals surface area contributed by atoms with E-state index < -0.39 is 0 Å². The van der Waals surface area contributed by atoms with Gasteiger partial charge in [-0.05, 0) is 36.5 Å². The lowest BCUT2D eigenvalue weighted by molar-refractivity contribution is 0.186. The first-order valence-electron chi connectivity index (χ1n) is 5.13. The minimum atomic E-state index is 0.361. The largest absolute Gasteiger partial charge is 0.396 e. The molecule has 0 radical (unpaired) electrons. The van der Waals surface area contributed by atoms with Crippen LogP contribution in [0.5, 0.6) is 0 Å².